The van der Waals surface area contributed by atoms with Crippen molar-refractivity contribution in [3.05, 3.63) is 53.7 Å². The molecule has 4 heteroatoms. The number of pyridine rings is 1. The van der Waals surface area contributed by atoms with E-state index in [4.69, 9.17) is 5.11 Å². The first-order chi connectivity index (χ1) is 9.13. The SMILES string of the molecule is Cc1ccc2cc(-c3cc(C(=O)O)ccn3)sc2c1. The van der Waals surface area contributed by atoms with Crippen LogP contribution in [-0.4, -0.2) is 16.1 Å². The monoisotopic (exact) mass is 269 g/mol. The van der Waals surface area contributed by atoms with E-state index in [1.807, 2.05) is 6.07 Å². The molecule has 2 aromatic heterocycles. The van der Waals surface area contributed by atoms with Crippen molar-refractivity contribution < 1.29 is 9.90 Å². The molecule has 0 aliphatic heterocycles. The van der Waals surface area contributed by atoms with Gasteiger partial charge in [-0.15, -0.1) is 11.3 Å². The van der Waals surface area contributed by atoms with Gasteiger partial charge in [0.2, 0.25) is 0 Å². The summed E-state index contributed by atoms with van der Waals surface area (Å²) in [4.78, 5) is 16.2. The summed E-state index contributed by atoms with van der Waals surface area (Å²) in [5, 5.41) is 10.2. The Morgan fingerprint density at radius 1 is 1.21 bits per heavy atom. The van der Waals surface area contributed by atoms with Gasteiger partial charge in [0.05, 0.1) is 16.1 Å². The van der Waals surface area contributed by atoms with E-state index in [1.54, 1.807) is 17.4 Å². The van der Waals surface area contributed by atoms with E-state index in [-0.39, 0.29) is 5.56 Å². The first-order valence-electron chi connectivity index (χ1n) is 5.83. The van der Waals surface area contributed by atoms with E-state index < -0.39 is 5.97 Å². The van der Waals surface area contributed by atoms with Crippen LogP contribution in [0.1, 0.15) is 15.9 Å². The second kappa shape index (κ2) is 4.48. The highest BCUT2D eigenvalue weighted by Crippen LogP contribution is 2.33. The van der Waals surface area contributed by atoms with Gasteiger partial charge in [0, 0.05) is 10.9 Å². The minimum atomic E-state index is -0.930. The number of aryl methyl sites for hydroxylation is 1. The van der Waals surface area contributed by atoms with Crippen molar-refractivity contribution in [3.8, 4) is 10.6 Å². The number of aromatic carboxylic acids is 1. The molecule has 19 heavy (non-hydrogen) atoms. The van der Waals surface area contributed by atoms with Crippen molar-refractivity contribution in [1.29, 1.82) is 0 Å². The number of hydrogen-bond donors (Lipinski definition) is 1. The lowest BCUT2D eigenvalue weighted by atomic mass is 10.1. The van der Waals surface area contributed by atoms with Gasteiger partial charge in [-0.2, -0.15) is 0 Å². The number of hydrogen-bond acceptors (Lipinski definition) is 3. The van der Waals surface area contributed by atoms with Crippen LogP contribution in [0.3, 0.4) is 0 Å². The fraction of sp³-hybridized carbons (Fsp3) is 0.0667. The number of aromatic nitrogens is 1. The van der Waals surface area contributed by atoms with E-state index in [0.717, 1.165) is 10.3 Å². The molecular weight excluding hydrogens is 258 g/mol. The maximum atomic E-state index is 11.0. The zero-order valence-corrected chi connectivity index (χ0v) is 11.1. The second-order valence-electron chi connectivity index (χ2n) is 4.39. The molecule has 0 unspecified atom stereocenters. The summed E-state index contributed by atoms with van der Waals surface area (Å²) in [6, 6.07) is 11.4. The predicted octanol–water partition coefficient (Wildman–Crippen LogP) is 3.97. The highest BCUT2D eigenvalue weighted by Gasteiger charge is 2.09. The largest absolute Gasteiger partial charge is 0.478 e. The Kier molecular flexibility index (Phi) is 2.80. The van der Waals surface area contributed by atoms with E-state index >= 15 is 0 Å². The molecule has 0 atom stereocenters. The first-order valence-corrected chi connectivity index (χ1v) is 6.65. The standard InChI is InChI=1S/C15H11NO2S/c1-9-2-3-10-8-14(19-13(10)6-9)12-7-11(15(17)18)4-5-16-12/h2-8H,1H3,(H,17,18). The smallest absolute Gasteiger partial charge is 0.335 e. The second-order valence-corrected chi connectivity index (χ2v) is 5.47. The number of carbonyl (C=O) groups is 1. The maximum Gasteiger partial charge on any atom is 0.335 e. The van der Waals surface area contributed by atoms with Crippen LogP contribution in [-0.2, 0) is 0 Å². The predicted molar refractivity (Wildman–Crippen MR) is 76.8 cm³/mol. The van der Waals surface area contributed by atoms with Crippen LogP contribution in [0.2, 0.25) is 0 Å². The molecule has 0 saturated heterocycles. The number of thiophene rings is 1. The van der Waals surface area contributed by atoms with Gasteiger partial charge in [0.25, 0.3) is 0 Å². The molecule has 0 saturated carbocycles. The third kappa shape index (κ3) is 2.22. The fourth-order valence-corrected chi connectivity index (χ4v) is 3.09. The van der Waals surface area contributed by atoms with E-state index in [9.17, 15) is 4.79 Å². The van der Waals surface area contributed by atoms with Crippen LogP contribution in [0.5, 0.6) is 0 Å². The number of fused-ring (bicyclic) bond motifs is 1. The third-order valence-corrected chi connectivity index (χ3v) is 4.06. The molecule has 0 fully saturated rings. The van der Waals surface area contributed by atoms with Gasteiger partial charge >= 0.3 is 5.97 Å². The van der Waals surface area contributed by atoms with Gasteiger partial charge in [0.15, 0.2) is 0 Å². The molecule has 3 rings (SSSR count). The van der Waals surface area contributed by atoms with Gasteiger partial charge in [-0.05, 0) is 42.1 Å². The van der Waals surface area contributed by atoms with Gasteiger partial charge in [-0.3, -0.25) is 4.98 Å². The highest BCUT2D eigenvalue weighted by atomic mass is 32.1. The number of nitrogens with zero attached hydrogens (tertiary/aromatic N) is 1. The Morgan fingerprint density at radius 3 is 2.84 bits per heavy atom. The summed E-state index contributed by atoms with van der Waals surface area (Å²) in [6.07, 6.45) is 1.54. The van der Waals surface area contributed by atoms with Crippen LogP contribution in [0.15, 0.2) is 42.6 Å². The fourth-order valence-electron chi connectivity index (χ4n) is 1.96. The summed E-state index contributed by atoms with van der Waals surface area (Å²) in [5.41, 5.74) is 2.19. The molecular formula is C15H11NO2S. The molecule has 1 aromatic carbocycles. The number of carboxylic acid groups (broad SMARTS) is 1. The Balaban J connectivity index is 2.13. The zero-order valence-electron chi connectivity index (χ0n) is 10.3. The van der Waals surface area contributed by atoms with Gasteiger partial charge in [0.1, 0.15) is 0 Å². The van der Waals surface area contributed by atoms with Gasteiger partial charge < -0.3 is 5.11 Å². The summed E-state index contributed by atoms with van der Waals surface area (Å²) < 4.78 is 1.19. The van der Waals surface area contributed by atoms with Crippen molar-refractivity contribution in [2.24, 2.45) is 0 Å². The third-order valence-electron chi connectivity index (χ3n) is 2.93. The van der Waals surface area contributed by atoms with E-state index in [2.05, 4.69) is 30.1 Å². The molecule has 3 nitrogen and oxygen atoms in total. The van der Waals surface area contributed by atoms with Crippen LogP contribution < -0.4 is 0 Å². The average Bonchev–Trinajstić information content (AvgIpc) is 2.81. The molecule has 0 aliphatic carbocycles. The van der Waals surface area contributed by atoms with Crippen molar-refractivity contribution in [3.63, 3.8) is 0 Å². The number of carboxylic acids is 1. The minimum absolute atomic E-state index is 0.263. The molecule has 2 heterocycles. The molecule has 1 N–H and O–H groups in total. The Bertz CT molecular complexity index is 777. The highest BCUT2D eigenvalue weighted by molar-refractivity contribution is 7.22. The molecule has 94 valence electrons. The van der Waals surface area contributed by atoms with E-state index in [0.29, 0.717) is 5.69 Å². The number of benzene rings is 1. The Labute approximate surface area is 114 Å². The lowest BCUT2D eigenvalue weighted by molar-refractivity contribution is 0.0697. The zero-order chi connectivity index (χ0) is 13.4. The molecule has 0 amide bonds. The summed E-state index contributed by atoms with van der Waals surface area (Å²) in [7, 11) is 0. The molecule has 0 aliphatic rings. The Morgan fingerprint density at radius 2 is 2.05 bits per heavy atom. The summed E-state index contributed by atoms with van der Waals surface area (Å²) in [6.45, 7) is 2.06. The molecule has 0 bridgehead atoms. The lowest BCUT2D eigenvalue weighted by Crippen LogP contribution is -1.96. The molecule has 3 aromatic rings. The number of rotatable bonds is 2. The van der Waals surface area contributed by atoms with Crippen LogP contribution in [0, 0.1) is 6.92 Å². The molecule has 0 spiro atoms. The van der Waals surface area contributed by atoms with Crippen molar-refractivity contribution in [1.82, 2.24) is 4.98 Å². The van der Waals surface area contributed by atoms with Crippen LogP contribution >= 0.6 is 11.3 Å². The minimum Gasteiger partial charge on any atom is -0.478 e. The Hall–Kier alpha value is -2.20. The van der Waals surface area contributed by atoms with Crippen molar-refractivity contribution >= 4 is 27.4 Å². The van der Waals surface area contributed by atoms with E-state index in [1.165, 1.54) is 22.5 Å². The quantitative estimate of drug-likeness (QED) is 0.765. The summed E-state index contributed by atoms with van der Waals surface area (Å²) in [5.74, 6) is -0.930. The van der Waals surface area contributed by atoms with Crippen LogP contribution in [0.4, 0.5) is 0 Å². The van der Waals surface area contributed by atoms with Gasteiger partial charge in [-0.1, -0.05) is 12.1 Å². The normalized spacial score (nSPS) is 10.8. The van der Waals surface area contributed by atoms with Gasteiger partial charge in [-0.25, -0.2) is 4.79 Å². The van der Waals surface area contributed by atoms with Crippen molar-refractivity contribution in [2.75, 3.05) is 0 Å². The first kappa shape index (κ1) is 11.9. The lowest BCUT2D eigenvalue weighted by Gasteiger charge is -1.97. The topological polar surface area (TPSA) is 50.2 Å². The van der Waals surface area contributed by atoms with Crippen molar-refractivity contribution in [2.45, 2.75) is 6.92 Å². The average molecular weight is 269 g/mol. The van der Waals surface area contributed by atoms with Crippen LogP contribution in [0.25, 0.3) is 20.7 Å². The summed E-state index contributed by atoms with van der Waals surface area (Å²) >= 11 is 1.63. The maximum absolute atomic E-state index is 11.0. The molecule has 0 radical (unpaired) electrons.